The van der Waals surface area contributed by atoms with Gasteiger partial charge in [0.05, 0.1) is 0 Å². The lowest BCUT2D eigenvalue weighted by molar-refractivity contribution is -0.515. The van der Waals surface area contributed by atoms with Crippen LogP contribution >= 0.6 is 12.2 Å². The van der Waals surface area contributed by atoms with E-state index in [0.717, 1.165) is 19.6 Å². The van der Waals surface area contributed by atoms with E-state index >= 15 is 0 Å². The number of hydrogen-bond acceptors (Lipinski definition) is 5. The summed E-state index contributed by atoms with van der Waals surface area (Å²) in [4.78, 5) is 34.5. The van der Waals surface area contributed by atoms with Gasteiger partial charge in [-0.2, -0.15) is 0 Å². The van der Waals surface area contributed by atoms with Gasteiger partial charge in [0.2, 0.25) is 6.04 Å². The summed E-state index contributed by atoms with van der Waals surface area (Å²) in [5.74, 6) is 0.783. The third-order valence-electron chi connectivity index (χ3n) is 4.91. The summed E-state index contributed by atoms with van der Waals surface area (Å²) >= 11 is 5.41. The monoisotopic (exact) mass is 350 g/mol. The maximum absolute atomic E-state index is 12.4. The first kappa shape index (κ1) is 17.2. The highest BCUT2D eigenvalue weighted by Gasteiger charge is 2.48. The molecule has 0 aliphatic carbocycles. The van der Waals surface area contributed by atoms with E-state index in [-0.39, 0.29) is 24.4 Å². The molecule has 24 heavy (non-hydrogen) atoms. The standard InChI is InChI=1S/C16H24N5O2S/c1-18-14-13(15(24)19(2)16(18)23)21(11-17-14)10-12(22)6-9-20-7-4-3-5-8-20/h11,13H,3-10H2,1-2H3/q+1. The number of likely N-dealkylation sites (tertiary alicyclic amines) is 1. The zero-order valence-corrected chi connectivity index (χ0v) is 15.1. The molecule has 2 saturated heterocycles. The van der Waals surface area contributed by atoms with Crippen molar-refractivity contribution in [2.75, 3.05) is 40.3 Å². The zero-order valence-electron chi connectivity index (χ0n) is 14.3. The van der Waals surface area contributed by atoms with E-state index in [0.29, 0.717) is 17.2 Å². The van der Waals surface area contributed by atoms with Crippen molar-refractivity contribution in [3.05, 3.63) is 0 Å². The number of amidine groups is 1. The van der Waals surface area contributed by atoms with Gasteiger partial charge < -0.3 is 4.90 Å². The Hall–Kier alpha value is -1.67. The molecule has 2 amide bonds. The quantitative estimate of drug-likeness (QED) is 0.538. The van der Waals surface area contributed by atoms with Crippen LogP contribution in [0.4, 0.5) is 4.79 Å². The highest BCUT2D eigenvalue weighted by molar-refractivity contribution is 7.80. The number of nitrogens with zero attached hydrogens (tertiary/aromatic N) is 5. The Morgan fingerprint density at radius 2 is 2.00 bits per heavy atom. The third-order valence-corrected chi connectivity index (χ3v) is 5.41. The van der Waals surface area contributed by atoms with E-state index in [1.165, 1.54) is 29.1 Å². The molecular weight excluding hydrogens is 326 g/mol. The second kappa shape index (κ2) is 7.06. The van der Waals surface area contributed by atoms with Gasteiger partial charge >= 0.3 is 6.03 Å². The van der Waals surface area contributed by atoms with Crippen molar-refractivity contribution in [3.63, 3.8) is 0 Å². The van der Waals surface area contributed by atoms with Gasteiger partial charge in [-0.05, 0) is 30.9 Å². The molecule has 0 radical (unpaired) electrons. The van der Waals surface area contributed by atoms with Crippen LogP contribution in [-0.4, -0.2) is 94.6 Å². The molecule has 3 heterocycles. The smallest absolute Gasteiger partial charge is 0.303 e. The van der Waals surface area contributed by atoms with Gasteiger partial charge in [0, 0.05) is 27.1 Å². The predicted octanol–water partition coefficient (Wildman–Crippen LogP) is 0.578. The fourth-order valence-electron chi connectivity index (χ4n) is 3.42. The maximum Gasteiger partial charge on any atom is 0.331 e. The van der Waals surface area contributed by atoms with Crippen LogP contribution in [0.1, 0.15) is 25.7 Å². The van der Waals surface area contributed by atoms with Crippen molar-refractivity contribution < 1.29 is 14.2 Å². The molecule has 8 heteroatoms. The summed E-state index contributed by atoms with van der Waals surface area (Å²) in [7, 11) is 3.34. The molecule has 3 aliphatic rings. The Balaban J connectivity index is 1.57. The lowest BCUT2D eigenvalue weighted by atomic mass is 10.1. The summed E-state index contributed by atoms with van der Waals surface area (Å²) in [6.07, 6.45) is 5.94. The molecule has 1 unspecified atom stereocenters. The first-order chi connectivity index (χ1) is 11.5. The van der Waals surface area contributed by atoms with Crippen LogP contribution in [0.25, 0.3) is 0 Å². The third kappa shape index (κ3) is 3.25. The molecular formula is C16H24N5O2S+. The van der Waals surface area contributed by atoms with E-state index < -0.39 is 0 Å². The Morgan fingerprint density at radius 1 is 1.29 bits per heavy atom. The second-order valence-electron chi connectivity index (χ2n) is 6.61. The van der Waals surface area contributed by atoms with Gasteiger partial charge in [-0.1, -0.05) is 18.6 Å². The van der Waals surface area contributed by atoms with Gasteiger partial charge in [-0.25, -0.2) is 9.37 Å². The summed E-state index contributed by atoms with van der Waals surface area (Å²) in [6.45, 7) is 3.30. The summed E-state index contributed by atoms with van der Waals surface area (Å²) in [5.41, 5.74) is 0. The molecule has 0 aromatic heterocycles. The fraction of sp³-hybridized carbons (Fsp3) is 0.688. The average molecular weight is 350 g/mol. The van der Waals surface area contributed by atoms with Crippen LogP contribution < -0.4 is 0 Å². The Labute approximate surface area is 147 Å². The minimum absolute atomic E-state index is 0.179. The van der Waals surface area contributed by atoms with Crippen molar-refractivity contribution in [3.8, 4) is 0 Å². The number of aliphatic imine (C=N–C) groups is 1. The van der Waals surface area contributed by atoms with Crippen LogP contribution in [0, 0.1) is 0 Å². The van der Waals surface area contributed by atoms with Crippen molar-refractivity contribution in [2.24, 2.45) is 4.99 Å². The largest absolute Gasteiger partial charge is 0.331 e. The van der Waals surface area contributed by atoms with Crippen LogP contribution in [-0.2, 0) is 4.79 Å². The Morgan fingerprint density at radius 3 is 2.71 bits per heavy atom. The van der Waals surface area contributed by atoms with E-state index in [1.807, 2.05) is 4.58 Å². The highest BCUT2D eigenvalue weighted by Crippen LogP contribution is 2.18. The van der Waals surface area contributed by atoms with Crippen LogP contribution in [0.3, 0.4) is 0 Å². The van der Waals surface area contributed by atoms with E-state index in [9.17, 15) is 9.59 Å². The molecule has 0 saturated carbocycles. The molecule has 0 aromatic carbocycles. The van der Waals surface area contributed by atoms with Gasteiger partial charge in [0.1, 0.15) is 11.5 Å². The fourth-order valence-corrected chi connectivity index (χ4v) is 3.74. The lowest BCUT2D eigenvalue weighted by Crippen LogP contribution is -2.61. The predicted molar refractivity (Wildman–Crippen MR) is 95.8 cm³/mol. The lowest BCUT2D eigenvalue weighted by Gasteiger charge is -2.32. The van der Waals surface area contributed by atoms with Gasteiger partial charge in [0.25, 0.3) is 12.2 Å². The number of piperidine rings is 1. The SMILES string of the molecule is CN1C(=O)N(C)C2=NC=[N+](CC(=O)CCN3CCCCC3)C2C1=S. The molecule has 0 N–H and O–H groups in total. The molecule has 3 rings (SSSR count). The maximum atomic E-state index is 12.4. The molecule has 7 nitrogen and oxygen atoms in total. The zero-order chi connectivity index (χ0) is 17.3. The number of fused-ring (bicyclic) bond motifs is 1. The normalized spacial score (nSPS) is 24.8. The number of ketones is 1. The minimum Gasteiger partial charge on any atom is -0.303 e. The van der Waals surface area contributed by atoms with E-state index in [4.69, 9.17) is 12.2 Å². The van der Waals surface area contributed by atoms with Crippen molar-refractivity contribution in [1.29, 1.82) is 0 Å². The van der Waals surface area contributed by atoms with E-state index in [1.54, 1.807) is 20.4 Å². The van der Waals surface area contributed by atoms with Crippen molar-refractivity contribution in [2.45, 2.75) is 31.7 Å². The Kier molecular flexibility index (Phi) is 5.05. The number of carbonyl (C=O) groups is 2. The molecule has 1 atom stereocenters. The topological polar surface area (TPSA) is 59.2 Å². The molecule has 0 aromatic rings. The van der Waals surface area contributed by atoms with Crippen molar-refractivity contribution in [1.82, 2.24) is 14.7 Å². The van der Waals surface area contributed by atoms with E-state index in [2.05, 4.69) is 9.89 Å². The highest BCUT2D eigenvalue weighted by atomic mass is 32.1. The van der Waals surface area contributed by atoms with Gasteiger partial charge in [0.15, 0.2) is 5.78 Å². The number of Topliss-reactive ketones (excluding diaryl/α,β-unsaturated/α-hetero) is 1. The number of rotatable bonds is 5. The Bertz CT molecular complexity index is 624. The number of thiocarbonyl (C=S) groups is 1. The first-order valence-electron chi connectivity index (χ1n) is 8.45. The average Bonchev–Trinajstić information content (AvgIpc) is 3.01. The molecule has 0 bridgehead atoms. The number of carbonyl (C=O) groups excluding carboxylic acids is 2. The second-order valence-corrected chi connectivity index (χ2v) is 7.03. The van der Waals surface area contributed by atoms with Gasteiger partial charge in [-0.3, -0.25) is 14.6 Å². The van der Waals surface area contributed by atoms with Crippen LogP contribution in [0.5, 0.6) is 0 Å². The van der Waals surface area contributed by atoms with Crippen LogP contribution in [0.15, 0.2) is 4.99 Å². The van der Waals surface area contributed by atoms with Crippen molar-refractivity contribution >= 4 is 41.2 Å². The number of likely N-dealkylation sites (N-methyl/N-ethyl adjacent to an activating group) is 2. The molecule has 0 spiro atoms. The summed E-state index contributed by atoms with van der Waals surface area (Å²) in [5, 5.41) is 0. The number of urea groups is 1. The first-order valence-corrected chi connectivity index (χ1v) is 8.86. The van der Waals surface area contributed by atoms with Crippen LogP contribution in [0.2, 0.25) is 0 Å². The summed E-state index contributed by atoms with van der Waals surface area (Å²) in [6, 6.07) is -0.492. The molecule has 2 fully saturated rings. The summed E-state index contributed by atoms with van der Waals surface area (Å²) < 4.78 is 1.84. The van der Waals surface area contributed by atoms with Gasteiger partial charge in [-0.15, -0.1) is 0 Å². The molecule has 3 aliphatic heterocycles. The minimum atomic E-state index is -0.299. The number of amides is 2. The molecule has 130 valence electrons. The number of hydrogen-bond donors (Lipinski definition) is 0.